The molecule has 0 unspecified atom stereocenters. The molecule has 0 spiro atoms. The Morgan fingerprint density at radius 2 is 2.42 bits per heavy atom. The molecule has 24 heavy (non-hydrogen) atoms. The molecule has 3 rings (SSSR count). The Hall–Kier alpha value is -3.24. The summed E-state index contributed by atoms with van der Waals surface area (Å²) in [6.45, 7) is -0.0798. The molecule has 0 radical (unpaired) electrons. The average Bonchev–Trinajstić information content (AvgIpc) is 3.17. The number of azide groups is 1. The van der Waals surface area contributed by atoms with E-state index in [1.807, 2.05) is 0 Å². The first-order valence-corrected chi connectivity index (χ1v) is 6.92. The fourth-order valence-electron chi connectivity index (χ4n) is 2.67. The van der Waals surface area contributed by atoms with Crippen molar-refractivity contribution in [3.05, 3.63) is 23.1 Å². The van der Waals surface area contributed by atoms with Gasteiger partial charge < -0.3 is 15.2 Å². The van der Waals surface area contributed by atoms with Crippen LogP contribution in [0.4, 0.5) is 5.82 Å². The van der Waals surface area contributed by atoms with Crippen molar-refractivity contribution >= 4 is 29.4 Å². The van der Waals surface area contributed by atoms with Gasteiger partial charge in [-0.3, -0.25) is 14.2 Å². The molecule has 1 fully saturated rings. The van der Waals surface area contributed by atoms with Crippen molar-refractivity contribution < 1.29 is 19.4 Å². The van der Waals surface area contributed by atoms with E-state index >= 15 is 0 Å². The van der Waals surface area contributed by atoms with Crippen LogP contribution in [0.2, 0.25) is 0 Å². The molecule has 2 N–H and O–H groups in total. The molecule has 3 atom stereocenters. The molecule has 1 saturated heterocycles. The lowest BCUT2D eigenvalue weighted by Gasteiger charge is -2.14. The van der Waals surface area contributed by atoms with Crippen LogP contribution in [0.25, 0.3) is 21.6 Å². The van der Waals surface area contributed by atoms with Crippen molar-refractivity contribution in [3.63, 3.8) is 0 Å². The third kappa shape index (κ3) is 2.71. The Labute approximate surface area is 134 Å². The number of carbonyl (C=O) groups excluding carboxylic acids is 1. The quantitative estimate of drug-likeness (QED) is 0.339. The number of anilines is 1. The van der Waals surface area contributed by atoms with Crippen molar-refractivity contribution in [2.75, 3.05) is 11.9 Å². The molecule has 3 heterocycles. The van der Waals surface area contributed by atoms with Crippen molar-refractivity contribution in [1.29, 1.82) is 0 Å². The molecule has 2 aromatic heterocycles. The van der Waals surface area contributed by atoms with Crippen LogP contribution in [0.15, 0.2) is 17.8 Å². The maximum atomic E-state index is 11.4. The second-order valence-corrected chi connectivity index (χ2v) is 5.03. The van der Waals surface area contributed by atoms with Gasteiger partial charge in [0.2, 0.25) is 6.41 Å². The average molecular weight is 332 g/mol. The van der Waals surface area contributed by atoms with Crippen molar-refractivity contribution in [2.24, 2.45) is 11.0 Å². The lowest BCUT2D eigenvalue weighted by Crippen LogP contribution is -2.26. The summed E-state index contributed by atoms with van der Waals surface area (Å²) in [5.74, 6) is -1.60. The van der Waals surface area contributed by atoms with Gasteiger partial charge in [0, 0.05) is 11.3 Å². The molecule has 1 amide bonds. The molecule has 0 saturated carbocycles. The second-order valence-electron chi connectivity index (χ2n) is 5.03. The smallest absolute Gasteiger partial charge is 0.309 e. The minimum atomic E-state index is -1.03. The van der Waals surface area contributed by atoms with E-state index in [-0.39, 0.29) is 18.8 Å². The third-order valence-electron chi connectivity index (χ3n) is 3.74. The lowest BCUT2D eigenvalue weighted by molar-refractivity contribution is -0.143. The maximum Gasteiger partial charge on any atom is 0.309 e. The zero-order chi connectivity index (χ0) is 17.1. The van der Waals surface area contributed by atoms with Gasteiger partial charge in [0.1, 0.15) is 12.6 Å². The highest BCUT2D eigenvalue weighted by Crippen LogP contribution is 2.35. The Morgan fingerprint density at radius 3 is 3.12 bits per heavy atom. The molecular weight excluding hydrogens is 320 g/mol. The summed E-state index contributed by atoms with van der Waals surface area (Å²) in [6, 6.07) is 0. The van der Waals surface area contributed by atoms with Gasteiger partial charge in [-0.2, -0.15) is 0 Å². The largest absolute Gasteiger partial charge is 0.481 e. The molecule has 124 valence electrons. The highest BCUT2D eigenvalue weighted by atomic mass is 16.5. The molecular formula is C12H12N8O4. The summed E-state index contributed by atoms with van der Waals surface area (Å²) in [4.78, 5) is 36.8. The van der Waals surface area contributed by atoms with Gasteiger partial charge in [-0.15, -0.1) is 0 Å². The van der Waals surface area contributed by atoms with Gasteiger partial charge in [0.05, 0.1) is 24.9 Å². The normalized spacial score (nSPS) is 22.9. The molecule has 1 aliphatic heterocycles. The van der Waals surface area contributed by atoms with Crippen LogP contribution >= 0.6 is 0 Å². The number of ether oxygens (including phenoxy) is 1. The number of carboxylic acids is 1. The van der Waals surface area contributed by atoms with Gasteiger partial charge >= 0.3 is 5.97 Å². The van der Waals surface area contributed by atoms with Crippen LogP contribution < -0.4 is 5.32 Å². The molecule has 0 aliphatic carbocycles. The van der Waals surface area contributed by atoms with E-state index in [0.717, 1.165) is 0 Å². The minimum absolute atomic E-state index is 0.0798. The number of rotatable bonds is 6. The van der Waals surface area contributed by atoms with E-state index in [4.69, 9.17) is 10.3 Å². The molecule has 1 aliphatic rings. The van der Waals surface area contributed by atoms with Crippen LogP contribution in [0.1, 0.15) is 12.6 Å². The van der Waals surface area contributed by atoms with Gasteiger partial charge in [-0.05, 0) is 5.53 Å². The molecule has 0 bridgehead atoms. The van der Waals surface area contributed by atoms with Gasteiger partial charge in [0.15, 0.2) is 17.0 Å². The monoisotopic (exact) mass is 332 g/mol. The maximum absolute atomic E-state index is 11.4. The number of carbonyl (C=O) groups is 2. The van der Waals surface area contributed by atoms with E-state index in [1.54, 1.807) is 4.57 Å². The van der Waals surface area contributed by atoms with Crippen molar-refractivity contribution in [1.82, 2.24) is 19.5 Å². The number of aliphatic carboxylic acids is 1. The first-order chi connectivity index (χ1) is 11.7. The summed E-state index contributed by atoms with van der Waals surface area (Å²) in [5.41, 5.74) is 9.17. The van der Waals surface area contributed by atoms with E-state index in [1.165, 1.54) is 12.7 Å². The Morgan fingerprint density at radius 1 is 1.58 bits per heavy atom. The summed E-state index contributed by atoms with van der Waals surface area (Å²) in [7, 11) is 0. The molecule has 12 heteroatoms. The zero-order valence-corrected chi connectivity index (χ0v) is 12.2. The number of amides is 1. The first kappa shape index (κ1) is 15.6. The van der Waals surface area contributed by atoms with Crippen LogP contribution in [0.3, 0.4) is 0 Å². The third-order valence-corrected chi connectivity index (χ3v) is 3.74. The number of aromatic nitrogens is 4. The lowest BCUT2D eigenvalue weighted by atomic mass is 10.0. The van der Waals surface area contributed by atoms with Crippen molar-refractivity contribution in [3.8, 4) is 0 Å². The van der Waals surface area contributed by atoms with Crippen molar-refractivity contribution in [2.45, 2.75) is 18.8 Å². The van der Waals surface area contributed by atoms with Gasteiger partial charge in [0.25, 0.3) is 0 Å². The predicted molar refractivity (Wildman–Crippen MR) is 78.7 cm³/mol. The number of hydrogen-bond acceptors (Lipinski definition) is 7. The van der Waals surface area contributed by atoms with E-state index in [0.29, 0.717) is 17.6 Å². The standard InChI is InChI=1S/C12H12N8O4/c13-19-18-2-7-6(12(22)23)1-8(24-7)20-4-16-9-10(17-5-21)14-3-15-11(9)20/h3-8H,1-2H2,(H,22,23)(H,14,15,17,21)/t6-,7+,8+/m1/s1. The van der Waals surface area contributed by atoms with E-state index < -0.39 is 24.2 Å². The van der Waals surface area contributed by atoms with Crippen LogP contribution in [0.5, 0.6) is 0 Å². The first-order valence-electron chi connectivity index (χ1n) is 6.92. The Balaban J connectivity index is 1.93. The minimum Gasteiger partial charge on any atom is -0.481 e. The SMILES string of the molecule is [N-]=[N+]=NC[C@@H]1O[C@H](n2cnc3c(NC=O)ncnc32)C[C@H]1C(=O)O. The topological polar surface area (TPSA) is 168 Å². The molecule has 12 nitrogen and oxygen atoms in total. The number of nitrogens with zero attached hydrogens (tertiary/aromatic N) is 7. The van der Waals surface area contributed by atoms with Gasteiger partial charge in [-0.1, -0.05) is 5.11 Å². The van der Waals surface area contributed by atoms with Crippen LogP contribution in [0, 0.1) is 5.92 Å². The predicted octanol–water partition coefficient (Wildman–Crippen LogP) is 0.693. The highest BCUT2D eigenvalue weighted by molar-refractivity contribution is 5.88. The highest BCUT2D eigenvalue weighted by Gasteiger charge is 2.40. The summed E-state index contributed by atoms with van der Waals surface area (Å²) >= 11 is 0. The second kappa shape index (κ2) is 6.48. The number of fused-ring (bicyclic) bond motifs is 1. The number of hydrogen-bond donors (Lipinski definition) is 2. The summed E-state index contributed by atoms with van der Waals surface area (Å²) in [6.07, 6.45) is 1.97. The molecule has 2 aromatic rings. The van der Waals surface area contributed by atoms with Gasteiger partial charge in [-0.25, -0.2) is 15.0 Å². The Kier molecular flexibility index (Phi) is 4.22. The zero-order valence-electron chi connectivity index (χ0n) is 12.2. The van der Waals surface area contributed by atoms with E-state index in [2.05, 4.69) is 30.3 Å². The summed E-state index contributed by atoms with van der Waals surface area (Å²) in [5, 5.41) is 15.1. The van der Waals surface area contributed by atoms with Crippen LogP contribution in [-0.4, -0.2) is 49.7 Å². The van der Waals surface area contributed by atoms with E-state index in [9.17, 15) is 14.7 Å². The molecule has 0 aromatic carbocycles. The number of imidazole rings is 1. The fourth-order valence-corrected chi connectivity index (χ4v) is 2.67. The van der Waals surface area contributed by atoms with Crippen LogP contribution in [-0.2, 0) is 14.3 Å². The Bertz CT molecular complexity index is 830. The number of nitrogens with one attached hydrogen (secondary N) is 1. The fraction of sp³-hybridized carbons (Fsp3) is 0.417. The summed E-state index contributed by atoms with van der Waals surface area (Å²) < 4.78 is 7.29. The number of carboxylic acid groups (broad SMARTS) is 1.